The topological polar surface area (TPSA) is 115 Å². The third-order valence-corrected chi connectivity index (χ3v) is 7.49. The summed E-state index contributed by atoms with van der Waals surface area (Å²) in [6, 6.07) is 17.7. The lowest BCUT2D eigenvalue weighted by molar-refractivity contribution is -0.137. The van der Waals surface area contributed by atoms with Gasteiger partial charge < -0.3 is 29.6 Å². The van der Waals surface area contributed by atoms with Gasteiger partial charge in [0.25, 0.3) is 17.7 Å². The molecule has 0 bridgehead atoms. The molecule has 0 atom stereocenters. The molecule has 11 heteroatoms. The molecule has 3 aromatic carbocycles. The monoisotopic (exact) mass is 591 g/mol. The van der Waals surface area contributed by atoms with Crippen LogP contribution in [0.5, 0.6) is 17.2 Å². The standard InChI is InChI=1S/C31H33N3O7S/c1-19-10-12-21(13-11-19)32-26-28(31(37)34(30(26)36)14-7-15-38-2)42-23-9-6-8-22(18-23)33-29(35)20-16-24(39-3)27(41-5)25(17-20)40-4/h6,8-13,16-18,32H,7,14-15H2,1-5H3,(H,33,35). The third kappa shape index (κ3) is 6.87. The van der Waals surface area contributed by atoms with Crippen molar-refractivity contribution in [2.45, 2.75) is 18.2 Å². The quantitative estimate of drug-likeness (QED) is 0.207. The summed E-state index contributed by atoms with van der Waals surface area (Å²) in [5, 5.41) is 6.02. The Hall–Kier alpha value is -4.48. The summed E-state index contributed by atoms with van der Waals surface area (Å²) in [6.07, 6.45) is 0.520. The fourth-order valence-corrected chi connectivity index (χ4v) is 5.29. The molecule has 0 spiro atoms. The first-order valence-electron chi connectivity index (χ1n) is 13.1. The van der Waals surface area contributed by atoms with Crippen LogP contribution in [-0.2, 0) is 14.3 Å². The van der Waals surface area contributed by atoms with Crippen LogP contribution in [-0.4, -0.2) is 64.2 Å². The predicted octanol–water partition coefficient (Wildman–Crippen LogP) is 5.09. The number of hydrogen-bond donors (Lipinski definition) is 2. The van der Waals surface area contributed by atoms with Crippen molar-refractivity contribution in [3.63, 3.8) is 0 Å². The van der Waals surface area contributed by atoms with E-state index in [1.807, 2.05) is 37.3 Å². The highest BCUT2D eigenvalue weighted by Crippen LogP contribution is 2.39. The maximum atomic E-state index is 13.4. The number of benzene rings is 3. The largest absolute Gasteiger partial charge is 0.493 e. The zero-order valence-electron chi connectivity index (χ0n) is 24.1. The fourth-order valence-electron chi connectivity index (χ4n) is 4.28. The van der Waals surface area contributed by atoms with E-state index in [0.717, 1.165) is 17.3 Å². The number of amides is 3. The molecule has 0 unspecified atom stereocenters. The Morgan fingerprint density at radius 3 is 2.17 bits per heavy atom. The first-order valence-corrected chi connectivity index (χ1v) is 13.9. The van der Waals surface area contributed by atoms with Gasteiger partial charge in [0.2, 0.25) is 5.75 Å². The van der Waals surface area contributed by atoms with Crippen LogP contribution >= 0.6 is 11.8 Å². The number of anilines is 2. The van der Waals surface area contributed by atoms with Gasteiger partial charge in [-0.1, -0.05) is 35.5 Å². The zero-order valence-corrected chi connectivity index (χ0v) is 24.9. The molecule has 10 nitrogen and oxygen atoms in total. The zero-order chi connectivity index (χ0) is 30.2. The number of imide groups is 1. The number of aryl methyl sites for hydroxylation is 1. The Morgan fingerprint density at radius 2 is 1.55 bits per heavy atom. The molecule has 0 saturated heterocycles. The summed E-state index contributed by atoms with van der Waals surface area (Å²) in [7, 11) is 6.01. The number of hydrogen-bond acceptors (Lipinski definition) is 9. The molecule has 2 N–H and O–H groups in total. The molecule has 3 amide bonds. The van der Waals surface area contributed by atoms with Crippen LogP contribution in [0, 0.1) is 6.92 Å². The van der Waals surface area contributed by atoms with E-state index < -0.39 is 11.8 Å². The Bertz CT molecular complexity index is 1480. The van der Waals surface area contributed by atoms with E-state index in [9.17, 15) is 14.4 Å². The number of ether oxygens (including phenoxy) is 4. The second-order valence-corrected chi connectivity index (χ2v) is 10.4. The normalized spacial score (nSPS) is 12.9. The van der Waals surface area contributed by atoms with Crippen molar-refractivity contribution in [1.82, 2.24) is 4.90 Å². The minimum atomic E-state index is -0.397. The van der Waals surface area contributed by atoms with Crippen molar-refractivity contribution in [3.05, 3.63) is 82.4 Å². The Morgan fingerprint density at radius 1 is 0.857 bits per heavy atom. The smallest absolute Gasteiger partial charge is 0.278 e. The van der Waals surface area contributed by atoms with Crippen molar-refractivity contribution in [2.75, 3.05) is 52.2 Å². The van der Waals surface area contributed by atoms with Gasteiger partial charge in [-0.15, -0.1) is 0 Å². The van der Waals surface area contributed by atoms with E-state index in [-0.39, 0.29) is 23.1 Å². The van der Waals surface area contributed by atoms with Gasteiger partial charge in [-0.25, -0.2) is 0 Å². The maximum Gasteiger partial charge on any atom is 0.278 e. The lowest BCUT2D eigenvalue weighted by Crippen LogP contribution is -2.33. The molecule has 220 valence electrons. The van der Waals surface area contributed by atoms with Gasteiger partial charge in [-0.05, 0) is 55.8 Å². The van der Waals surface area contributed by atoms with Crippen LogP contribution in [0.4, 0.5) is 11.4 Å². The number of nitrogens with zero attached hydrogens (tertiary/aromatic N) is 1. The molecule has 42 heavy (non-hydrogen) atoms. The molecule has 0 aliphatic carbocycles. The molecular formula is C31H33N3O7S. The maximum absolute atomic E-state index is 13.4. The van der Waals surface area contributed by atoms with Crippen LogP contribution in [0.1, 0.15) is 22.3 Å². The van der Waals surface area contributed by atoms with Crippen LogP contribution in [0.25, 0.3) is 0 Å². The predicted molar refractivity (Wildman–Crippen MR) is 161 cm³/mol. The molecule has 0 aromatic heterocycles. The molecule has 0 fully saturated rings. The van der Waals surface area contributed by atoms with Crippen LogP contribution in [0.15, 0.2) is 76.2 Å². The van der Waals surface area contributed by atoms with Crippen LogP contribution in [0.2, 0.25) is 0 Å². The number of rotatable bonds is 13. The van der Waals surface area contributed by atoms with Gasteiger partial charge in [0.05, 0.1) is 21.3 Å². The summed E-state index contributed by atoms with van der Waals surface area (Å²) in [4.78, 5) is 42.1. The Balaban J connectivity index is 1.59. The molecule has 1 aliphatic rings. The summed E-state index contributed by atoms with van der Waals surface area (Å²) in [5.41, 5.74) is 2.78. The fraction of sp³-hybridized carbons (Fsp3) is 0.258. The van der Waals surface area contributed by atoms with Crippen LogP contribution in [0.3, 0.4) is 0 Å². The highest BCUT2D eigenvalue weighted by molar-refractivity contribution is 8.04. The van der Waals surface area contributed by atoms with Crippen molar-refractivity contribution in [1.29, 1.82) is 0 Å². The van der Waals surface area contributed by atoms with Crippen molar-refractivity contribution >= 4 is 40.9 Å². The number of thioether (sulfide) groups is 1. The van der Waals surface area contributed by atoms with E-state index in [1.54, 1.807) is 37.4 Å². The van der Waals surface area contributed by atoms with Gasteiger partial charge in [0.1, 0.15) is 10.6 Å². The number of carbonyl (C=O) groups excluding carboxylic acids is 3. The van der Waals surface area contributed by atoms with Crippen molar-refractivity contribution < 1.29 is 33.3 Å². The van der Waals surface area contributed by atoms with Crippen molar-refractivity contribution in [3.8, 4) is 17.2 Å². The van der Waals surface area contributed by atoms with Gasteiger partial charge in [-0.2, -0.15) is 0 Å². The van der Waals surface area contributed by atoms with E-state index in [4.69, 9.17) is 18.9 Å². The average Bonchev–Trinajstić information content (AvgIpc) is 3.21. The summed E-state index contributed by atoms with van der Waals surface area (Å²) >= 11 is 1.16. The average molecular weight is 592 g/mol. The molecule has 3 aromatic rings. The number of methoxy groups -OCH3 is 4. The van der Waals surface area contributed by atoms with Gasteiger partial charge in [0.15, 0.2) is 11.5 Å². The lowest BCUT2D eigenvalue weighted by atomic mass is 10.1. The van der Waals surface area contributed by atoms with E-state index in [1.165, 1.54) is 26.2 Å². The summed E-state index contributed by atoms with van der Waals surface area (Å²) in [5.74, 6) is -0.0923. The lowest BCUT2D eigenvalue weighted by Gasteiger charge is -2.15. The second-order valence-electron chi connectivity index (χ2n) is 9.30. The minimum Gasteiger partial charge on any atom is -0.493 e. The third-order valence-electron chi connectivity index (χ3n) is 6.42. The number of carbonyl (C=O) groups is 3. The van der Waals surface area contributed by atoms with E-state index in [0.29, 0.717) is 52.1 Å². The molecule has 4 rings (SSSR count). The van der Waals surface area contributed by atoms with Crippen LogP contribution < -0.4 is 24.8 Å². The van der Waals surface area contributed by atoms with Crippen molar-refractivity contribution in [2.24, 2.45) is 0 Å². The Kier molecular flexibility index (Phi) is 10.1. The van der Waals surface area contributed by atoms with Gasteiger partial charge in [0, 0.05) is 42.1 Å². The Labute approximate surface area is 249 Å². The molecule has 0 saturated carbocycles. The molecule has 1 aliphatic heterocycles. The number of nitrogens with one attached hydrogen (secondary N) is 2. The molecule has 0 radical (unpaired) electrons. The summed E-state index contributed by atoms with van der Waals surface area (Å²) in [6.45, 7) is 2.63. The van der Waals surface area contributed by atoms with E-state index in [2.05, 4.69) is 10.6 Å². The SMILES string of the molecule is COCCCN1C(=O)C(Nc2ccc(C)cc2)=C(Sc2cccc(NC(=O)c3cc(OC)c(OC)c(OC)c3)c2)C1=O. The van der Waals surface area contributed by atoms with Gasteiger partial charge in [-0.3, -0.25) is 19.3 Å². The highest BCUT2D eigenvalue weighted by Gasteiger charge is 2.38. The first-order chi connectivity index (χ1) is 20.3. The summed E-state index contributed by atoms with van der Waals surface area (Å²) < 4.78 is 21.2. The van der Waals surface area contributed by atoms with Gasteiger partial charge >= 0.3 is 0 Å². The minimum absolute atomic E-state index is 0.207. The first kappa shape index (κ1) is 30.5. The second kappa shape index (κ2) is 13.9. The highest BCUT2D eigenvalue weighted by atomic mass is 32.2. The molecular weight excluding hydrogens is 558 g/mol. The van der Waals surface area contributed by atoms with E-state index >= 15 is 0 Å². The molecule has 1 heterocycles.